The molecule has 0 radical (unpaired) electrons. The Balaban J connectivity index is 1.59. The fraction of sp³-hybridized carbons (Fsp3) is 0.429. The molecule has 3 rings (SSSR count). The summed E-state index contributed by atoms with van der Waals surface area (Å²) < 4.78 is 0. The summed E-state index contributed by atoms with van der Waals surface area (Å²) in [5.41, 5.74) is 6.33. The number of carbonyl (C=O) groups is 3. The molecule has 5 N–H and O–H groups in total. The Morgan fingerprint density at radius 1 is 1.16 bits per heavy atom. The first-order valence-corrected chi connectivity index (χ1v) is 11.1. The molecule has 11 heteroatoms. The lowest BCUT2D eigenvalue weighted by molar-refractivity contribution is -0.134. The molecule has 0 unspecified atom stereocenters. The maximum atomic E-state index is 12.8. The maximum absolute atomic E-state index is 12.8. The summed E-state index contributed by atoms with van der Waals surface area (Å²) in [5, 5.41) is 12.5. The van der Waals surface area contributed by atoms with Crippen molar-refractivity contribution in [3.63, 3.8) is 0 Å². The van der Waals surface area contributed by atoms with Crippen LogP contribution in [0, 0.1) is 5.92 Å². The molecule has 1 atom stereocenters. The molecule has 1 aliphatic heterocycles. The SMILES string of the molecule is CC(C)[C@H](N)C(=O)N1CCC(NC(=O)c2n[nH]cc2NC(=O)c2c(Cl)cccc2Cl)CC1. The summed E-state index contributed by atoms with van der Waals surface area (Å²) in [4.78, 5) is 39.5. The predicted octanol–water partition coefficient (Wildman–Crippen LogP) is 2.67. The van der Waals surface area contributed by atoms with E-state index in [0.717, 1.165) is 0 Å². The van der Waals surface area contributed by atoms with Crippen molar-refractivity contribution >= 4 is 46.6 Å². The highest BCUT2D eigenvalue weighted by Gasteiger charge is 2.29. The van der Waals surface area contributed by atoms with Crippen LogP contribution in [0.2, 0.25) is 10.0 Å². The Bertz CT molecular complexity index is 981. The molecule has 3 amide bonds. The van der Waals surface area contributed by atoms with Crippen molar-refractivity contribution < 1.29 is 14.4 Å². The number of nitrogens with two attached hydrogens (primary N) is 1. The van der Waals surface area contributed by atoms with Gasteiger partial charge in [0, 0.05) is 25.3 Å². The third-order valence-electron chi connectivity index (χ3n) is 5.44. The lowest BCUT2D eigenvalue weighted by atomic mass is 10.0. The van der Waals surface area contributed by atoms with Gasteiger partial charge in [0.15, 0.2) is 5.69 Å². The van der Waals surface area contributed by atoms with E-state index in [-0.39, 0.29) is 44.9 Å². The Labute approximate surface area is 196 Å². The van der Waals surface area contributed by atoms with E-state index in [1.54, 1.807) is 23.1 Å². The molecule has 32 heavy (non-hydrogen) atoms. The summed E-state index contributed by atoms with van der Waals surface area (Å²) in [6.07, 6.45) is 2.61. The van der Waals surface area contributed by atoms with Gasteiger partial charge >= 0.3 is 0 Å². The van der Waals surface area contributed by atoms with Gasteiger partial charge in [0.25, 0.3) is 11.8 Å². The van der Waals surface area contributed by atoms with Crippen LogP contribution in [0.5, 0.6) is 0 Å². The van der Waals surface area contributed by atoms with Gasteiger partial charge < -0.3 is 21.3 Å². The summed E-state index contributed by atoms with van der Waals surface area (Å²) in [6.45, 7) is 4.85. The number of amides is 3. The zero-order valence-corrected chi connectivity index (χ0v) is 19.3. The first-order valence-electron chi connectivity index (χ1n) is 10.3. The smallest absolute Gasteiger partial charge is 0.274 e. The molecule has 1 aromatic heterocycles. The number of carbonyl (C=O) groups excluding carboxylic acids is 3. The van der Waals surface area contributed by atoms with Crippen molar-refractivity contribution in [3.05, 3.63) is 45.7 Å². The minimum atomic E-state index is -0.552. The summed E-state index contributed by atoms with van der Waals surface area (Å²) in [7, 11) is 0. The van der Waals surface area contributed by atoms with E-state index in [1.807, 2.05) is 13.8 Å². The monoisotopic (exact) mass is 480 g/mol. The fourth-order valence-corrected chi connectivity index (χ4v) is 4.02. The minimum Gasteiger partial charge on any atom is -0.348 e. The van der Waals surface area contributed by atoms with Gasteiger partial charge in [-0.2, -0.15) is 5.10 Å². The molecule has 1 aliphatic rings. The number of aromatic nitrogens is 2. The molecular formula is C21H26Cl2N6O3. The number of hydrogen-bond acceptors (Lipinski definition) is 5. The van der Waals surface area contributed by atoms with Gasteiger partial charge in [-0.25, -0.2) is 0 Å². The average Bonchev–Trinajstić information content (AvgIpc) is 3.21. The molecule has 0 saturated carbocycles. The van der Waals surface area contributed by atoms with Gasteiger partial charge in [0.1, 0.15) is 0 Å². The van der Waals surface area contributed by atoms with Crippen LogP contribution >= 0.6 is 23.2 Å². The number of rotatable bonds is 6. The normalized spacial score (nSPS) is 15.5. The molecule has 0 bridgehead atoms. The van der Waals surface area contributed by atoms with Gasteiger partial charge in [-0.05, 0) is 30.9 Å². The molecule has 2 aromatic rings. The van der Waals surface area contributed by atoms with Gasteiger partial charge in [-0.15, -0.1) is 0 Å². The van der Waals surface area contributed by atoms with Crippen LogP contribution in [0.15, 0.2) is 24.4 Å². The van der Waals surface area contributed by atoms with E-state index in [4.69, 9.17) is 28.9 Å². The van der Waals surface area contributed by atoms with Crippen LogP contribution in [0.4, 0.5) is 5.69 Å². The topological polar surface area (TPSA) is 133 Å². The molecule has 1 saturated heterocycles. The zero-order valence-electron chi connectivity index (χ0n) is 17.8. The van der Waals surface area contributed by atoms with Crippen LogP contribution in [0.25, 0.3) is 0 Å². The quantitative estimate of drug-likeness (QED) is 0.504. The first-order chi connectivity index (χ1) is 15.2. The van der Waals surface area contributed by atoms with Crippen LogP contribution in [-0.4, -0.2) is 58.0 Å². The number of halogens is 2. The third-order valence-corrected chi connectivity index (χ3v) is 6.07. The highest BCUT2D eigenvalue weighted by Crippen LogP contribution is 2.26. The van der Waals surface area contributed by atoms with E-state index in [1.165, 1.54) is 6.20 Å². The van der Waals surface area contributed by atoms with E-state index < -0.39 is 17.9 Å². The Hall–Kier alpha value is -2.62. The van der Waals surface area contributed by atoms with E-state index in [9.17, 15) is 14.4 Å². The first kappa shape index (κ1) is 24.0. The van der Waals surface area contributed by atoms with Gasteiger partial charge in [-0.3, -0.25) is 19.5 Å². The second-order valence-corrected chi connectivity index (χ2v) is 8.86. The maximum Gasteiger partial charge on any atom is 0.274 e. The van der Waals surface area contributed by atoms with Crippen molar-refractivity contribution in [1.29, 1.82) is 0 Å². The number of aromatic amines is 1. The summed E-state index contributed by atoms with van der Waals surface area (Å²) >= 11 is 12.2. The van der Waals surface area contributed by atoms with E-state index >= 15 is 0 Å². The number of H-pyrrole nitrogens is 1. The van der Waals surface area contributed by atoms with E-state index in [0.29, 0.717) is 25.9 Å². The number of nitrogens with zero attached hydrogens (tertiary/aromatic N) is 2. The lowest BCUT2D eigenvalue weighted by Crippen LogP contribution is -2.52. The second-order valence-electron chi connectivity index (χ2n) is 8.04. The molecule has 1 aromatic carbocycles. The van der Waals surface area contributed by atoms with Crippen molar-refractivity contribution in [3.8, 4) is 0 Å². The minimum absolute atomic E-state index is 0.0434. The molecule has 0 aliphatic carbocycles. The van der Waals surface area contributed by atoms with Gasteiger partial charge in [0.05, 0.1) is 27.3 Å². The highest BCUT2D eigenvalue weighted by molar-refractivity contribution is 6.40. The Kier molecular flexibility index (Phi) is 7.76. The standard InChI is InChI=1S/C21H26Cl2N6O3/c1-11(2)17(24)21(32)29-8-6-12(7-9-29)26-20(31)18-15(10-25-28-18)27-19(30)16-13(22)4-3-5-14(16)23/h3-5,10-12,17H,6-9,24H2,1-2H3,(H,25,28)(H,26,31)(H,27,30)/t17-/m0/s1. The largest absolute Gasteiger partial charge is 0.348 e. The number of nitrogens with one attached hydrogen (secondary N) is 3. The van der Waals surface area contributed by atoms with Gasteiger partial charge in [0.2, 0.25) is 5.91 Å². The van der Waals surface area contributed by atoms with Crippen molar-refractivity contribution in [2.24, 2.45) is 11.7 Å². The molecule has 172 valence electrons. The number of anilines is 1. The van der Waals surface area contributed by atoms with Crippen LogP contribution in [0.1, 0.15) is 47.5 Å². The molecule has 2 heterocycles. The van der Waals surface area contributed by atoms with E-state index in [2.05, 4.69) is 20.8 Å². The van der Waals surface area contributed by atoms with Crippen LogP contribution in [-0.2, 0) is 4.79 Å². The molecule has 9 nitrogen and oxygen atoms in total. The summed E-state index contributed by atoms with van der Waals surface area (Å²) in [5.74, 6) is -0.992. The number of piperidine rings is 1. The van der Waals surface area contributed by atoms with Crippen molar-refractivity contribution in [2.45, 2.75) is 38.8 Å². The Morgan fingerprint density at radius 3 is 2.38 bits per heavy atom. The summed E-state index contributed by atoms with van der Waals surface area (Å²) in [6, 6.07) is 4.09. The molecular weight excluding hydrogens is 455 g/mol. The number of benzene rings is 1. The number of likely N-dealkylation sites (tertiary alicyclic amines) is 1. The third kappa shape index (κ3) is 5.40. The van der Waals surface area contributed by atoms with Crippen LogP contribution < -0.4 is 16.4 Å². The molecule has 0 spiro atoms. The molecule has 1 fully saturated rings. The zero-order chi connectivity index (χ0) is 23.4. The second kappa shape index (κ2) is 10.3. The Morgan fingerprint density at radius 2 is 1.78 bits per heavy atom. The highest BCUT2D eigenvalue weighted by atomic mass is 35.5. The van der Waals surface area contributed by atoms with Crippen LogP contribution in [0.3, 0.4) is 0 Å². The predicted molar refractivity (Wildman–Crippen MR) is 123 cm³/mol. The van der Waals surface area contributed by atoms with Crippen molar-refractivity contribution in [2.75, 3.05) is 18.4 Å². The number of hydrogen-bond donors (Lipinski definition) is 4. The average molecular weight is 481 g/mol. The fourth-order valence-electron chi connectivity index (χ4n) is 3.45. The van der Waals surface area contributed by atoms with Crippen molar-refractivity contribution in [1.82, 2.24) is 20.4 Å². The lowest BCUT2D eigenvalue weighted by Gasteiger charge is -2.34. The van der Waals surface area contributed by atoms with Gasteiger partial charge in [-0.1, -0.05) is 43.1 Å².